The zero-order valence-corrected chi connectivity index (χ0v) is 16.2. The lowest BCUT2D eigenvalue weighted by atomic mass is 10.0. The van der Waals surface area contributed by atoms with Crippen LogP contribution in [-0.2, 0) is 0 Å². The molecule has 3 aromatic rings. The molecule has 1 N–H and O–H groups in total. The van der Waals surface area contributed by atoms with Crippen LogP contribution in [0.25, 0.3) is 10.6 Å². The van der Waals surface area contributed by atoms with E-state index in [2.05, 4.69) is 9.97 Å². The maximum atomic E-state index is 13.2. The predicted molar refractivity (Wildman–Crippen MR) is 104 cm³/mol. The van der Waals surface area contributed by atoms with Gasteiger partial charge in [0.1, 0.15) is 10.0 Å². The molecule has 4 rings (SSSR count). The Kier molecular flexibility index (Phi) is 4.75. The molecule has 0 radical (unpaired) electrons. The zero-order chi connectivity index (χ0) is 19.0. The highest BCUT2D eigenvalue weighted by molar-refractivity contribution is 7.13. The number of amides is 1. The summed E-state index contributed by atoms with van der Waals surface area (Å²) in [5.74, 6) is -1.22. The lowest BCUT2D eigenvalue weighted by Crippen LogP contribution is -2.30. The molecule has 0 spiro atoms. The van der Waals surface area contributed by atoms with Gasteiger partial charge in [-0.25, -0.2) is 14.8 Å². The van der Waals surface area contributed by atoms with Gasteiger partial charge in [-0.15, -0.1) is 22.7 Å². The van der Waals surface area contributed by atoms with Crippen LogP contribution < -0.4 is 0 Å². The van der Waals surface area contributed by atoms with E-state index in [1.54, 1.807) is 29.7 Å². The minimum Gasteiger partial charge on any atom is -0.478 e. The van der Waals surface area contributed by atoms with Crippen LogP contribution in [0, 0.1) is 6.92 Å². The molecule has 0 aliphatic carbocycles. The fourth-order valence-corrected chi connectivity index (χ4v) is 4.89. The largest absolute Gasteiger partial charge is 0.478 e. The highest BCUT2D eigenvalue weighted by Crippen LogP contribution is 2.35. The number of rotatable bonds is 4. The zero-order valence-electron chi connectivity index (χ0n) is 14.6. The van der Waals surface area contributed by atoms with Gasteiger partial charge in [0.15, 0.2) is 0 Å². The van der Waals surface area contributed by atoms with Crippen molar-refractivity contribution in [1.29, 1.82) is 0 Å². The summed E-state index contributed by atoms with van der Waals surface area (Å²) in [6.07, 6.45) is 3.44. The minimum atomic E-state index is -1.06. The standard InChI is InChI=1S/C19H17N3O3S2/c1-11-10-27-17(21-11)15-3-2-5-22(15)18(23)13-7-12(16-20-4-6-26-16)8-14(9-13)19(24)25/h4,6-10,15H,2-3,5H2,1H3,(H,24,25). The number of hydrogen-bond donors (Lipinski definition) is 1. The first-order chi connectivity index (χ1) is 13.0. The SMILES string of the molecule is Cc1csc(C2CCCN2C(=O)c2cc(C(=O)O)cc(-c3nccs3)c2)n1. The summed E-state index contributed by atoms with van der Waals surface area (Å²) in [5.41, 5.74) is 2.06. The second kappa shape index (κ2) is 7.21. The lowest BCUT2D eigenvalue weighted by Gasteiger charge is -2.23. The van der Waals surface area contributed by atoms with E-state index < -0.39 is 5.97 Å². The number of thiazole rings is 2. The number of hydrogen-bond acceptors (Lipinski definition) is 6. The van der Waals surface area contributed by atoms with E-state index in [9.17, 15) is 14.7 Å². The van der Waals surface area contributed by atoms with Gasteiger partial charge in [0, 0.05) is 40.3 Å². The molecule has 1 saturated heterocycles. The Morgan fingerprint density at radius 2 is 2.04 bits per heavy atom. The van der Waals surface area contributed by atoms with Crippen molar-refractivity contribution in [2.45, 2.75) is 25.8 Å². The Morgan fingerprint density at radius 3 is 2.70 bits per heavy atom. The van der Waals surface area contributed by atoms with E-state index in [0.717, 1.165) is 23.5 Å². The molecular weight excluding hydrogens is 382 g/mol. The molecule has 1 aliphatic heterocycles. The van der Waals surface area contributed by atoms with Crippen molar-refractivity contribution in [2.24, 2.45) is 0 Å². The molecule has 8 heteroatoms. The van der Waals surface area contributed by atoms with E-state index in [1.165, 1.54) is 17.4 Å². The molecule has 2 aromatic heterocycles. The van der Waals surface area contributed by atoms with Gasteiger partial charge in [-0.2, -0.15) is 0 Å². The summed E-state index contributed by atoms with van der Waals surface area (Å²) < 4.78 is 0. The third-order valence-corrected chi connectivity index (χ3v) is 6.43. The fraction of sp³-hybridized carbons (Fsp3) is 0.263. The third kappa shape index (κ3) is 3.50. The smallest absolute Gasteiger partial charge is 0.335 e. The van der Waals surface area contributed by atoms with E-state index in [4.69, 9.17) is 0 Å². The van der Waals surface area contributed by atoms with Gasteiger partial charge in [-0.3, -0.25) is 4.79 Å². The maximum Gasteiger partial charge on any atom is 0.335 e. The van der Waals surface area contributed by atoms with Crippen molar-refractivity contribution >= 4 is 34.6 Å². The van der Waals surface area contributed by atoms with Crippen molar-refractivity contribution in [3.8, 4) is 10.6 Å². The fourth-order valence-electron chi connectivity index (χ4n) is 3.32. The van der Waals surface area contributed by atoms with Gasteiger partial charge in [-0.05, 0) is 38.0 Å². The van der Waals surface area contributed by atoms with E-state index in [0.29, 0.717) is 22.7 Å². The highest BCUT2D eigenvalue weighted by atomic mass is 32.1. The van der Waals surface area contributed by atoms with Gasteiger partial charge in [0.05, 0.1) is 11.6 Å². The van der Waals surface area contributed by atoms with E-state index in [1.807, 2.05) is 22.6 Å². The van der Waals surface area contributed by atoms with Crippen molar-refractivity contribution in [3.05, 3.63) is 57.0 Å². The van der Waals surface area contributed by atoms with Crippen LogP contribution in [0.3, 0.4) is 0 Å². The van der Waals surface area contributed by atoms with Gasteiger partial charge in [-0.1, -0.05) is 0 Å². The number of carbonyl (C=O) groups excluding carboxylic acids is 1. The Hall–Kier alpha value is -2.58. The molecule has 1 amide bonds. The molecule has 1 unspecified atom stereocenters. The normalized spacial score (nSPS) is 16.6. The highest BCUT2D eigenvalue weighted by Gasteiger charge is 2.33. The summed E-state index contributed by atoms with van der Waals surface area (Å²) in [7, 11) is 0. The van der Waals surface area contributed by atoms with Crippen LogP contribution in [0.2, 0.25) is 0 Å². The summed E-state index contributed by atoms with van der Waals surface area (Å²) in [6, 6.07) is 4.69. The molecule has 3 heterocycles. The number of nitrogens with zero attached hydrogens (tertiary/aromatic N) is 3. The van der Waals surface area contributed by atoms with Crippen molar-refractivity contribution in [2.75, 3.05) is 6.54 Å². The molecule has 1 aliphatic rings. The van der Waals surface area contributed by atoms with Crippen LogP contribution in [0.1, 0.15) is 50.3 Å². The summed E-state index contributed by atoms with van der Waals surface area (Å²) in [5, 5.41) is 14.9. The average Bonchev–Trinajstić information content (AvgIpc) is 3.41. The second-order valence-electron chi connectivity index (χ2n) is 6.43. The number of carbonyl (C=O) groups is 2. The number of aryl methyl sites for hydroxylation is 1. The first-order valence-corrected chi connectivity index (χ1v) is 10.3. The lowest BCUT2D eigenvalue weighted by molar-refractivity contribution is 0.0697. The summed E-state index contributed by atoms with van der Waals surface area (Å²) >= 11 is 2.98. The molecule has 138 valence electrons. The number of aromatic nitrogens is 2. The first kappa shape index (κ1) is 17.8. The van der Waals surface area contributed by atoms with Gasteiger partial charge >= 0.3 is 5.97 Å². The predicted octanol–water partition coefficient (Wildman–Crippen LogP) is 4.25. The van der Waals surface area contributed by atoms with Gasteiger partial charge < -0.3 is 10.0 Å². The average molecular weight is 399 g/mol. The Balaban J connectivity index is 1.71. The Labute approximate surface area is 164 Å². The van der Waals surface area contributed by atoms with Gasteiger partial charge in [0.25, 0.3) is 5.91 Å². The van der Waals surface area contributed by atoms with Crippen LogP contribution in [0.4, 0.5) is 0 Å². The van der Waals surface area contributed by atoms with Crippen molar-refractivity contribution < 1.29 is 14.7 Å². The third-order valence-electron chi connectivity index (χ3n) is 4.54. The summed E-state index contributed by atoms with van der Waals surface area (Å²) in [6.45, 7) is 2.59. The summed E-state index contributed by atoms with van der Waals surface area (Å²) in [4.78, 5) is 35.4. The monoisotopic (exact) mass is 399 g/mol. The molecule has 0 bridgehead atoms. The van der Waals surface area contributed by atoms with Crippen molar-refractivity contribution in [3.63, 3.8) is 0 Å². The maximum absolute atomic E-state index is 13.2. The van der Waals surface area contributed by atoms with E-state index in [-0.39, 0.29) is 17.5 Å². The number of likely N-dealkylation sites (tertiary alicyclic amines) is 1. The van der Waals surface area contributed by atoms with Crippen LogP contribution in [-0.4, -0.2) is 38.4 Å². The molecular formula is C19H17N3O3S2. The number of benzene rings is 1. The first-order valence-electron chi connectivity index (χ1n) is 8.54. The molecule has 0 saturated carbocycles. The van der Waals surface area contributed by atoms with Crippen LogP contribution in [0.5, 0.6) is 0 Å². The minimum absolute atomic E-state index is 0.0482. The van der Waals surface area contributed by atoms with Crippen molar-refractivity contribution in [1.82, 2.24) is 14.9 Å². The Bertz CT molecular complexity index is 998. The number of carboxylic acid groups (broad SMARTS) is 1. The quantitative estimate of drug-likeness (QED) is 0.709. The molecule has 27 heavy (non-hydrogen) atoms. The van der Waals surface area contributed by atoms with Gasteiger partial charge in [0.2, 0.25) is 0 Å². The molecule has 1 aromatic carbocycles. The Morgan fingerprint density at radius 1 is 1.22 bits per heavy atom. The molecule has 6 nitrogen and oxygen atoms in total. The topological polar surface area (TPSA) is 83.4 Å². The van der Waals surface area contributed by atoms with Crippen LogP contribution in [0.15, 0.2) is 35.2 Å². The number of aromatic carboxylic acids is 1. The molecule has 1 fully saturated rings. The van der Waals surface area contributed by atoms with E-state index >= 15 is 0 Å². The second-order valence-corrected chi connectivity index (χ2v) is 8.21. The molecule has 1 atom stereocenters. The number of carboxylic acids is 1. The van der Waals surface area contributed by atoms with Crippen LogP contribution >= 0.6 is 22.7 Å².